The smallest absolute Gasteiger partial charge is 0.126 e. The Kier molecular flexibility index (Phi) is 5.03. The Bertz CT molecular complexity index is 654. The van der Waals surface area contributed by atoms with Crippen molar-refractivity contribution in [1.82, 2.24) is 25.1 Å². The van der Waals surface area contributed by atoms with Crippen LogP contribution in [0.1, 0.15) is 36.0 Å². The monoisotopic (exact) mass is 315 g/mol. The molecule has 0 aliphatic carbocycles. The molecule has 6 heteroatoms. The second-order valence-electron chi connectivity index (χ2n) is 6.29. The molecule has 1 saturated heterocycles. The Balaban J connectivity index is 1.80. The molecule has 0 spiro atoms. The molecule has 0 aromatic carbocycles. The molecule has 3 rings (SSSR count). The lowest BCUT2D eigenvalue weighted by Gasteiger charge is -2.32. The van der Waals surface area contributed by atoms with Crippen molar-refractivity contribution < 1.29 is 4.74 Å². The van der Waals surface area contributed by atoms with Crippen LogP contribution < -0.4 is 0 Å². The first-order chi connectivity index (χ1) is 11.2. The van der Waals surface area contributed by atoms with Gasteiger partial charge in [-0.3, -0.25) is 5.10 Å². The third kappa shape index (κ3) is 3.95. The average molecular weight is 315 g/mol. The van der Waals surface area contributed by atoms with Crippen LogP contribution in [0.5, 0.6) is 0 Å². The van der Waals surface area contributed by atoms with Crippen LogP contribution in [0.25, 0.3) is 11.4 Å². The number of H-pyrrole nitrogens is 1. The first-order valence-electron chi connectivity index (χ1n) is 8.25. The summed E-state index contributed by atoms with van der Waals surface area (Å²) < 4.78 is 5.20. The van der Waals surface area contributed by atoms with Gasteiger partial charge >= 0.3 is 0 Å². The van der Waals surface area contributed by atoms with E-state index in [0.29, 0.717) is 5.92 Å². The highest BCUT2D eigenvalue weighted by molar-refractivity contribution is 5.54. The van der Waals surface area contributed by atoms with Crippen LogP contribution in [-0.4, -0.2) is 58.4 Å². The standard InChI is InChI=1S/C17H25N5O/c1-12-9-17(21-20-12)16-10-15(18-13(2)19-16)14-5-4-6-22(11-14)7-8-23-3/h9-10,14H,4-8,11H2,1-3H3,(H,20,21)/t14-/m1/s1. The third-order valence-corrected chi connectivity index (χ3v) is 4.36. The van der Waals surface area contributed by atoms with Gasteiger partial charge in [0.1, 0.15) is 11.5 Å². The highest BCUT2D eigenvalue weighted by Gasteiger charge is 2.23. The minimum atomic E-state index is 0.459. The van der Waals surface area contributed by atoms with Crippen LogP contribution in [-0.2, 0) is 4.74 Å². The molecule has 1 N–H and O–H groups in total. The van der Waals surface area contributed by atoms with Gasteiger partial charge < -0.3 is 9.64 Å². The van der Waals surface area contributed by atoms with Crippen molar-refractivity contribution in [3.8, 4) is 11.4 Å². The molecular formula is C17H25N5O. The second-order valence-corrected chi connectivity index (χ2v) is 6.29. The third-order valence-electron chi connectivity index (χ3n) is 4.36. The summed E-state index contributed by atoms with van der Waals surface area (Å²) in [5.74, 6) is 1.27. The van der Waals surface area contributed by atoms with Gasteiger partial charge in [-0.1, -0.05) is 0 Å². The van der Waals surface area contributed by atoms with Crippen LogP contribution in [0.15, 0.2) is 12.1 Å². The van der Waals surface area contributed by atoms with E-state index in [1.165, 1.54) is 12.8 Å². The summed E-state index contributed by atoms with van der Waals surface area (Å²) in [7, 11) is 1.76. The van der Waals surface area contributed by atoms with Crippen molar-refractivity contribution in [1.29, 1.82) is 0 Å². The maximum Gasteiger partial charge on any atom is 0.126 e. The molecule has 1 fully saturated rings. The van der Waals surface area contributed by atoms with Crippen molar-refractivity contribution >= 4 is 0 Å². The summed E-state index contributed by atoms with van der Waals surface area (Å²) in [6.07, 6.45) is 2.38. The van der Waals surface area contributed by atoms with Gasteiger partial charge in [0, 0.05) is 37.5 Å². The molecule has 0 unspecified atom stereocenters. The van der Waals surface area contributed by atoms with Crippen LogP contribution >= 0.6 is 0 Å². The molecule has 0 bridgehead atoms. The molecule has 2 aromatic heterocycles. The van der Waals surface area contributed by atoms with Gasteiger partial charge in [-0.05, 0) is 45.4 Å². The number of aryl methyl sites for hydroxylation is 2. The molecule has 1 atom stereocenters. The Hall–Kier alpha value is -1.79. The number of hydrogen-bond donors (Lipinski definition) is 1. The van der Waals surface area contributed by atoms with Gasteiger partial charge in [0.25, 0.3) is 0 Å². The molecule has 1 aliphatic heterocycles. The Morgan fingerprint density at radius 1 is 1.26 bits per heavy atom. The summed E-state index contributed by atoms with van der Waals surface area (Å²) >= 11 is 0. The fraction of sp³-hybridized carbons (Fsp3) is 0.588. The molecule has 23 heavy (non-hydrogen) atoms. The van der Waals surface area contributed by atoms with E-state index in [2.05, 4.69) is 26.1 Å². The van der Waals surface area contributed by atoms with Gasteiger partial charge in [0.15, 0.2) is 0 Å². The summed E-state index contributed by atoms with van der Waals surface area (Å²) in [5.41, 5.74) is 3.98. The fourth-order valence-corrected chi connectivity index (χ4v) is 3.20. The fourth-order valence-electron chi connectivity index (χ4n) is 3.20. The van der Waals surface area contributed by atoms with Crippen LogP contribution in [0.2, 0.25) is 0 Å². The number of methoxy groups -OCH3 is 1. The summed E-state index contributed by atoms with van der Waals surface area (Å²) in [5, 5.41) is 7.31. The van der Waals surface area contributed by atoms with E-state index in [0.717, 1.165) is 54.8 Å². The molecule has 6 nitrogen and oxygen atoms in total. The number of piperidine rings is 1. The normalized spacial score (nSPS) is 19.2. The average Bonchev–Trinajstić information content (AvgIpc) is 2.99. The summed E-state index contributed by atoms with van der Waals surface area (Å²) in [6.45, 7) is 7.92. The van der Waals surface area contributed by atoms with E-state index in [1.807, 2.05) is 19.9 Å². The highest BCUT2D eigenvalue weighted by Crippen LogP contribution is 2.27. The minimum absolute atomic E-state index is 0.459. The first kappa shape index (κ1) is 16.1. The van der Waals surface area contributed by atoms with Gasteiger partial charge in [0.05, 0.1) is 12.3 Å². The maximum absolute atomic E-state index is 5.20. The minimum Gasteiger partial charge on any atom is -0.383 e. The predicted octanol–water partition coefficient (Wildman–Crippen LogP) is 2.31. The number of nitrogens with one attached hydrogen (secondary N) is 1. The Morgan fingerprint density at radius 3 is 2.87 bits per heavy atom. The molecule has 0 saturated carbocycles. The van der Waals surface area contributed by atoms with E-state index >= 15 is 0 Å². The summed E-state index contributed by atoms with van der Waals surface area (Å²) in [4.78, 5) is 11.7. The molecular weight excluding hydrogens is 290 g/mol. The summed E-state index contributed by atoms with van der Waals surface area (Å²) in [6, 6.07) is 4.13. The van der Waals surface area contributed by atoms with Crippen molar-refractivity contribution in [2.45, 2.75) is 32.6 Å². The predicted molar refractivity (Wildman–Crippen MR) is 89.4 cm³/mol. The Labute approximate surface area is 137 Å². The zero-order valence-corrected chi connectivity index (χ0v) is 14.2. The maximum atomic E-state index is 5.20. The van der Waals surface area contributed by atoms with E-state index < -0.39 is 0 Å². The van der Waals surface area contributed by atoms with Gasteiger partial charge in [-0.15, -0.1) is 0 Å². The van der Waals surface area contributed by atoms with Crippen LogP contribution in [0.3, 0.4) is 0 Å². The van der Waals surface area contributed by atoms with Gasteiger partial charge in [0.2, 0.25) is 0 Å². The molecule has 0 radical (unpaired) electrons. The topological polar surface area (TPSA) is 66.9 Å². The quantitative estimate of drug-likeness (QED) is 0.917. The van der Waals surface area contributed by atoms with Crippen molar-refractivity contribution in [2.24, 2.45) is 0 Å². The van der Waals surface area contributed by atoms with Crippen molar-refractivity contribution in [3.05, 3.63) is 29.3 Å². The number of aromatic nitrogens is 4. The largest absolute Gasteiger partial charge is 0.383 e. The molecule has 0 amide bonds. The van der Waals surface area contributed by atoms with Crippen LogP contribution in [0, 0.1) is 13.8 Å². The van der Waals surface area contributed by atoms with Crippen LogP contribution in [0.4, 0.5) is 0 Å². The van der Waals surface area contributed by atoms with Crippen molar-refractivity contribution in [2.75, 3.05) is 33.4 Å². The molecule has 1 aliphatic rings. The molecule has 124 valence electrons. The lowest BCUT2D eigenvalue weighted by atomic mass is 9.94. The number of likely N-dealkylation sites (tertiary alicyclic amines) is 1. The number of nitrogens with zero attached hydrogens (tertiary/aromatic N) is 4. The number of ether oxygens (including phenoxy) is 1. The van der Waals surface area contributed by atoms with E-state index in [-0.39, 0.29) is 0 Å². The number of aromatic amines is 1. The van der Waals surface area contributed by atoms with Gasteiger partial charge in [-0.2, -0.15) is 5.10 Å². The van der Waals surface area contributed by atoms with E-state index in [4.69, 9.17) is 9.72 Å². The van der Waals surface area contributed by atoms with Gasteiger partial charge in [-0.25, -0.2) is 9.97 Å². The lowest BCUT2D eigenvalue weighted by molar-refractivity contribution is 0.127. The lowest BCUT2D eigenvalue weighted by Crippen LogP contribution is -2.36. The molecule has 3 heterocycles. The highest BCUT2D eigenvalue weighted by atomic mass is 16.5. The first-order valence-corrected chi connectivity index (χ1v) is 8.25. The van der Waals surface area contributed by atoms with E-state index in [1.54, 1.807) is 7.11 Å². The second kappa shape index (κ2) is 7.19. The SMILES string of the molecule is COCCN1CCC[C@@H](c2cc(-c3cc(C)[nH]n3)nc(C)n2)C1. The number of rotatable bonds is 5. The number of hydrogen-bond acceptors (Lipinski definition) is 5. The molecule has 2 aromatic rings. The Morgan fingerprint density at radius 2 is 2.13 bits per heavy atom. The zero-order valence-electron chi connectivity index (χ0n) is 14.2. The zero-order chi connectivity index (χ0) is 16.2. The van der Waals surface area contributed by atoms with Crippen molar-refractivity contribution in [3.63, 3.8) is 0 Å². The van der Waals surface area contributed by atoms with E-state index in [9.17, 15) is 0 Å².